The first-order chi connectivity index (χ1) is 9.96. The first kappa shape index (κ1) is 17.2. The van der Waals surface area contributed by atoms with Gasteiger partial charge in [-0.05, 0) is 52.0 Å². The molecule has 0 atom stereocenters. The van der Waals surface area contributed by atoms with Crippen LogP contribution < -0.4 is 5.14 Å². The van der Waals surface area contributed by atoms with E-state index in [0.29, 0.717) is 5.56 Å². The van der Waals surface area contributed by atoms with Crippen molar-refractivity contribution in [1.29, 1.82) is 0 Å². The van der Waals surface area contributed by atoms with E-state index in [4.69, 9.17) is 5.14 Å². The van der Waals surface area contributed by atoms with Gasteiger partial charge in [0.05, 0.1) is 6.61 Å². The van der Waals surface area contributed by atoms with Crippen LogP contribution in [0.5, 0.6) is 0 Å². The zero-order chi connectivity index (χ0) is 16.8. The standard InChI is InChI=1S/C17H25NO3S/c1-16(2)6-7-17(3,4)15-10-13(11-19)12(9-14(15)16)5-8-22(18,20)21/h5,8-10,19H,6-7,11H2,1-4H3,(H2,18,20,21)/b8-5+. The summed E-state index contributed by atoms with van der Waals surface area (Å²) in [6, 6.07) is 4.02. The van der Waals surface area contributed by atoms with Crippen LogP contribution in [0.1, 0.15) is 62.8 Å². The van der Waals surface area contributed by atoms with Crippen LogP contribution in [0.3, 0.4) is 0 Å². The highest BCUT2D eigenvalue weighted by Crippen LogP contribution is 2.46. The summed E-state index contributed by atoms with van der Waals surface area (Å²) >= 11 is 0. The molecule has 1 aliphatic rings. The highest BCUT2D eigenvalue weighted by molar-refractivity contribution is 7.92. The van der Waals surface area contributed by atoms with Crippen LogP contribution in [0.2, 0.25) is 0 Å². The highest BCUT2D eigenvalue weighted by Gasteiger charge is 2.37. The summed E-state index contributed by atoms with van der Waals surface area (Å²) in [6.07, 6.45) is 3.63. The molecule has 2 rings (SSSR count). The number of aliphatic hydroxyl groups excluding tert-OH is 1. The van der Waals surface area contributed by atoms with E-state index in [0.717, 1.165) is 23.8 Å². The summed E-state index contributed by atoms with van der Waals surface area (Å²) in [6.45, 7) is 8.69. The Hall–Kier alpha value is -1.17. The van der Waals surface area contributed by atoms with Gasteiger partial charge < -0.3 is 5.11 Å². The van der Waals surface area contributed by atoms with Gasteiger partial charge in [0.25, 0.3) is 0 Å². The maximum Gasteiger partial charge on any atom is 0.231 e. The number of primary sulfonamides is 1. The number of benzene rings is 1. The van der Waals surface area contributed by atoms with Crippen molar-refractivity contribution in [2.45, 2.75) is 58.0 Å². The maximum atomic E-state index is 11.2. The lowest BCUT2D eigenvalue weighted by molar-refractivity contribution is 0.279. The van der Waals surface area contributed by atoms with Crippen molar-refractivity contribution in [1.82, 2.24) is 0 Å². The third-order valence-electron chi connectivity index (χ3n) is 4.72. The van der Waals surface area contributed by atoms with E-state index >= 15 is 0 Å². The van der Waals surface area contributed by atoms with Crippen molar-refractivity contribution in [3.8, 4) is 0 Å². The van der Waals surface area contributed by atoms with Gasteiger partial charge in [-0.3, -0.25) is 0 Å². The molecule has 1 aromatic rings. The van der Waals surface area contributed by atoms with Gasteiger partial charge in [-0.1, -0.05) is 39.8 Å². The van der Waals surface area contributed by atoms with Crippen LogP contribution in [0.25, 0.3) is 6.08 Å². The average Bonchev–Trinajstić information content (AvgIpc) is 2.40. The molecule has 3 N–H and O–H groups in total. The molecule has 22 heavy (non-hydrogen) atoms. The van der Waals surface area contributed by atoms with E-state index in [-0.39, 0.29) is 17.4 Å². The molecule has 5 heteroatoms. The predicted octanol–water partition coefficient (Wildman–Crippen LogP) is 2.79. The van der Waals surface area contributed by atoms with Crippen molar-refractivity contribution in [2.24, 2.45) is 5.14 Å². The third kappa shape index (κ3) is 3.42. The molecule has 0 heterocycles. The molecule has 0 aromatic heterocycles. The summed E-state index contributed by atoms with van der Waals surface area (Å²) in [5.41, 5.74) is 3.97. The van der Waals surface area contributed by atoms with E-state index < -0.39 is 10.0 Å². The Morgan fingerprint density at radius 3 is 2.09 bits per heavy atom. The summed E-state index contributed by atoms with van der Waals surface area (Å²) in [5, 5.41) is 15.6. The molecule has 0 fully saturated rings. The molecule has 122 valence electrons. The minimum absolute atomic E-state index is 0.0308. The van der Waals surface area contributed by atoms with Crippen molar-refractivity contribution >= 4 is 16.1 Å². The van der Waals surface area contributed by atoms with Crippen LogP contribution in [-0.4, -0.2) is 13.5 Å². The number of hydrogen-bond acceptors (Lipinski definition) is 3. The molecule has 0 bridgehead atoms. The van der Waals surface area contributed by atoms with Crippen molar-refractivity contribution in [2.75, 3.05) is 0 Å². The molecule has 0 spiro atoms. The van der Waals surface area contributed by atoms with Crippen LogP contribution in [0.4, 0.5) is 0 Å². The Labute approximate surface area is 133 Å². The largest absolute Gasteiger partial charge is 0.392 e. The lowest BCUT2D eigenvalue weighted by atomic mass is 9.62. The smallest absolute Gasteiger partial charge is 0.231 e. The second kappa shape index (κ2) is 5.48. The Kier molecular flexibility index (Phi) is 4.28. The zero-order valence-electron chi connectivity index (χ0n) is 13.7. The van der Waals surface area contributed by atoms with Crippen LogP contribution in [-0.2, 0) is 27.5 Å². The fraction of sp³-hybridized carbons (Fsp3) is 0.529. The van der Waals surface area contributed by atoms with Gasteiger partial charge >= 0.3 is 0 Å². The van der Waals surface area contributed by atoms with Gasteiger partial charge in [-0.2, -0.15) is 0 Å². The number of fused-ring (bicyclic) bond motifs is 1. The molecular weight excluding hydrogens is 298 g/mol. The van der Waals surface area contributed by atoms with Crippen molar-refractivity contribution in [3.63, 3.8) is 0 Å². The monoisotopic (exact) mass is 323 g/mol. The Balaban J connectivity index is 2.67. The average molecular weight is 323 g/mol. The van der Waals surface area contributed by atoms with Gasteiger partial charge in [0.1, 0.15) is 0 Å². The fourth-order valence-electron chi connectivity index (χ4n) is 3.14. The van der Waals surface area contributed by atoms with E-state index in [2.05, 4.69) is 27.7 Å². The van der Waals surface area contributed by atoms with Crippen LogP contribution >= 0.6 is 0 Å². The van der Waals surface area contributed by atoms with E-state index in [1.54, 1.807) is 0 Å². The number of hydrogen-bond donors (Lipinski definition) is 2. The fourth-order valence-corrected chi connectivity index (χ4v) is 3.47. The normalized spacial score (nSPS) is 20.1. The molecule has 0 amide bonds. The molecular formula is C17H25NO3S. The van der Waals surface area contributed by atoms with Gasteiger partial charge in [0.2, 0.25) is 10.0 Å². The summed E-state index contributed by atoms with van der Waals surface area (Å²) in [7, 11) is -3.68. The quantitative estimate of drug-likeness (QED) is 0.897. The van der Waals surface area contributed by atoms with E-state index in [1.165, 1.54) is 17.2 Å². The predicted molar refractivity (Wildman–Crippen MR) is 89.8 cm³/mol. The van der Waals surface area contributed by atoms with Crippen molar-refractivity contribution < 1.29 is 13.5 Å². The molecule has 1 aliphatic carbocycles. The van der Waals surface area contributed by atoms with Gasteiger partial charge in [0, 0.05) is 5.41 Å². The molecule has 4 nitrogen and oxygen atoms in total. The lowest BCUT2D eigenvalue weighted by Crippen LogP contribution is -2.34. The van der Waals surface area contributed by atoms with E-state index in [9.17, 15) is 13.5 Å². The first-order valence-corrected chi connectivity index (χ1v) is 9.07. The van der Waals surface area contributed by atoms with Gasteiger partial charge in [-0.25, -0.2) is 13.6 Å². The molecule has 0 saturated heterocycles. The zero-order valence-corrected chi connectivity index (χ0v) is 14.5. The maximum absolute atomic E-state index is 11.2. The van der Waals surface area contributed by atoms with Crippen LogP contribution in [0.15, 0.2) is 17.5 Å². The number of sulfonamides is 1. The molecule has 1 aromatic carbocycles. The topological polar surface area (TPSA) is 80.4 Å². The second-order valence-corrected chi connectivity index (χ2v) is 8.86. The first-order valence-electron chi connectivity index (χ1n) is 7.46. The Morgan fingerprint density at radius 1 is 1.14 bits per heavy atom. The Bertz CT molecular complexity index is 716. The minimum Gasteiger partial charge on any atom is -0.392 e. The highest BCUT2D eigenvalue weighted by atomic mass is 32.2. The van der Waals surface area contributed by atoms with Crippen molar-refractivity contribution in [3.05, 3.63) is 39.8 Å². The van der Waals surface area contributed by atoms with Gasteiger partial charge in [-0.15, -0.1) is 0 Å². The lowest BCUT2D eigenvalue weighted by Gasteiger charge is -2.42. The minimum atomic E-state index is -3.68. The molecule has 0 unspecified atom stereocenters. The molecule has 0 aliphatic heterocycles. The third-order valence-corrected chi connectivity index (χ3v) is 5.24. The summed E-state index contributed by atoms with van der Waals surface area (Å²) < 4.78 is 22.3. The second-order valence-electron chi connectivity index (χ2n) is 7.41. The SMILES string of the molecule is CC1(C)CCC(C)(C)c2cc(CO)c(/C=C/S(N)(=O)=O)cc21. The molecule has 0 saturated carbocycles. The molecule has 0 radical (unpaired) electrons. The van der Waals surface area contributed by atoms with Gasteiger partial charge in [0.15, 0.2) is 0 Å². The van der Waals surface area contributed by atoms with Crippen LogP contribution in [0, 0.1) is 0 Å². The number of rotatable bonds is 3. The summed E-state index contributed by atoms with van der Waals surface area (Å²) in [5.74, 6) is 0. The number of nitrogens with two attached hydrogens (primary N) is 1. The summed E-state index contributed by atoms with van der Waals surface area (Å²) in [4.78, 5) is 0. The Morgan fingerprint density at radius 2 is 1.64 bits per heavy atom. The number of aliphatic hydroxyl groups is 1. The van der Waals surface area contributed by atoms with E-state index in [1.807, 2.05) is 12.1 Å².